The van der Waals surface area contributed by atoms with Crippen LogP contribution in [0.2, 0.25) is 0 Å². The lowest BCUT2D eigenvalue weighted by Gasteiger charge is -2.06. The molecule has 0 aliphatic rings. The highest BCUT2D eigenvalue weighted by atomic mass is 16.6. The first-order valence-electron chi connectivity index (χ1n) is 5.46. The van der Waals surface area contributed by atoms with Gasteiger partial charge in [0, 0.05) is 6.54 Å². The molecule has 0 spiro atoms. The standard InChI is InChI=1S/C10H12N6O2/c1-2-3-12-9-4-8(16(17)18)5-10(14-9)15-7-11-6-13-15/h4-7H,2-3H2,1H3,(H,12,14). The molecule has 94 valence electrons. The molecular formula is C10H12N6O2. The number of nitrogens with one attached hydrogen (secondary N) is 1. The SMILES string of the molecule is CCCNc1cc([N+](=O)[O-])cc(-n2cncn2)n1. The zero-order valence-electron chi connectivity index (χ0n) is 9.78. The van der Waals surface area contributed by atoms with Crippen LogP contribution in [0.4, 0.5) is 11.5 Å². The Balaban J connectivity index is 2.40. The van der Waals surface area contributed by atoms with Gasteiger partial charge in [-0.2, -0.15) is 5.10 Å². The summed E-state index contributed by atoms with van der Waals surface area (Å²) in [6.07, 6.45) is 3.69. The average molecular weight is 248 g/mol. The van der Waals surface area contributed by atoms with Gasteiger partial charge in [0.15, 0.2) is 5.82 Å². The minimum atomic E-state index is -0.459. The number of nitrogens with zero attached hydrogens (tertiary/aromatic N) is 5. The Morgan fingerprint density at radius 3 is 2.94 bits per heavy atom. The maximum Gasteiger partial charge on any atom is 0.276 e. The van der Waals surface area contributed by atoms with Crippen LogP contribution in [0.15, 0.2) is 24.8 Å². The van der Waals surface area contributed by atoms with Gasteiger partial charge in [0.05, 0.1) is 17.1 Å². The highest BCUT2D eigenvalue weighted by Gasteiger charge is 2.12. The van der Waals surface area contributed by atoms with E-state index in [9.17, 15) is 10.1 Å². The van der Waals surface area contributed by atoms with Crippen molar-refractivity contribution in [2.75, 3.05) is 11.9 Å². The summed E-state index contributed by atoms with van der Waals surface area (Å²) in [7, 11) is 0. The molecule has 0 aliphatic heterocycles. The molecule has 2 rings (SSSR count). The third kappa shape index (κ3) is 2.59. The van der Waals surface area contributed by atoms with Crippen LogP contribution in [0.1, 0.15) is 13.3 Å². The van der Waals surface area contributed by atoms with Crippen LogP contribution in [-0.4, -0.2) is 31.2 Å². The summed E-state index contributed by atoms with van der Waals surface area (Å²) in [5, 5.41) is 17.8. The fraction of sp³-hybridized carbons (Fsp3) is 0.300. The van der Waals surface area contributed by atoms with Gasteiger partial charge in [-0.25, -0.2) is 14.6 Å². The number of nitro groups is 1. The van der Waals surface area contributed by atoms with Crippen LogP contribution in [-0.2, 0) is 0 Å². The Bertz CT molecular complexity index is 539. The lowest BCUT2D eigenvalue weighted by Crippen LogP contribution is -2.06. The van der Waals surface area contributed by atoms with Crippen LogP contribution in [0, 0.1) is 10.1 Å². The molecule has 0 unspecified atom stereocenters. The monoisotopic (exact) mass is 248 g/mol. The minimum Gasteiger partial charge on any atom is -0.370 e. The second kappa shape index (κ2) is 5.21. The van der Waals surface area contributed by atoms with Crippen molar-refractivity contribution in [3.8, 4) is 5.82 Å². The Kier molecular flexibility index (Phi) is 3.46. The number of pyridine rings is 1. The summed E-state index contributed by atoms with van der Waals surface area (Å²) < 4.78 is 1.38. The van der Waals surface area contributed by atoms with Crippen molar-refractivity contribution in [3.05, 3.63) is 34.9 Å². The van der Waals surface area contributed by atoms with Gasteiger partial charge < -0.3 is 5.32 Å². The predicted molar refractivity (Wildman–Crippen MR) is 64.6 cm³/mol. The van der Waals surface area contributed by atoms with Crippen molar-refractivity contribution in [2.45, 2.75) is 13.3 Å². The maximum atomic E-state index is 10.9. The van der Waals surface area contributed by atoms with Crippen LogP contribution >= 0.6 is 0 Å². The molecule has 0 aliphatic carbocycles. The molecule has 1 N–H and O–H groups in total. The minimum absolute atomic E-state index is 0.0332. The molecule has 0 saturated carbocycles. The lowest BCUT2D eigenvalue weighted by atomic mass is 10.3. The summed E-state index contributed by atoms with van der Waals surface area (Å²) in [4.78, 5) is 18.4. The van der Waals surface area contributed by atoms with E-state index < -0.39 is 4.92 Å². The van der Waals surface area contributed by atoms with Crippen molar-refractivity contribution in [1.82, 2.24) is 19.7 Å². The van der Waals surface area contributed by atoms with Crippen LogP contribution in [0.5, 0.6) is 0 Å². The first kappa shape index (κ1) is 12.0. The number of rotatable bonds is 5. The lowest BCUT2D eigenvalue weighted by molar-refractivity contribution is -0.384. The van der Waals surface area contributed by atoms with Crippen molar-refractivity contribution in [2.24, 2.45) is 0 Å². The molecule has 0 atom stereocenters. The van der Waals surface area contributed by atoms with Gasteiger partial charge in [-0.05, 0) is 6.42 Å². The molecule has 0 radical (unpaired) electrons. The quantitative estimate of drug-likeness (QED) is 0.634. The van der Waals surface area contributed by atoms with E-state index in [2.05, 4.69) is 20.4 Å². The molecular weight excluding hydrogens is 236 g/mol. The highest BCUT2D eigenvalue weighted by Crippen LogP contribution is 2.19. The van der Waals surface area contributed by atoms with Gasteiger partial charge in [-0.3, -0.25) is 10.1 Å². The van der Waals surface area contributed by atoms with E-state index in [1.807, 2.05) is 6.92 Å². The molecule has 2 heterocycles. The number of anilines is 1. The Morgan fingerprint density at radius 1 is 1.50 bits per heavy atom. The van der Waals surface area contributed by atoms with E-state index in [1.165, 1.54) is 29.5 Å². The first-order valence-corrected chi connectivity index (χ1v) is 5.46. The van der Waals surface area contributed by atoms with Crippen LogP contribution in [0.3, 0.4) is 0 Å². The third-order valence-corrected chi connectivity index (χ3v) is 2.22. The summed E-state index contributed by atoms with van der Waals surface area (Å²) >= 11 is 0. The van der Waals surface area contributed by atoms with Gasteiger partial charge >= 0.3 is 0 Å². The summed E-state index contributed by atoms with van der Waals surface area (Å²) in [5.41, 5.74) is -0.0332. The fourth-order valence-electron chi connectivity index (χ4n) is 1.39. The van der Waals surface area contributed by atoms with E-state index in [1.54, 1.807) is 0 Å². The van der Waals surface area contributed by atoms with E-state index in [-0.39, 0.29) is 5.69 Å². The van der Waals surface area contributed by atoms with Crippen LogP contribution < -0.4 is 5.32 Å². The van der Waals surface area contributed by atoms with Crippen molar-refractivity contribution in [1.29, 1.82) is 0 Å². The average Bonchev–Trinajstić information content (AvgIpc) is 2.89. The molecule has 0 fully saturated rings. The smallest absolute Gasteiger partial charge is 0.276 e. The summed E-state index contributed by atoms with van der Waals surface area (Å²) in [6, 6.07) is 2.75. The molecule has 8 heteroatoms. The van der Waals surface area contributed by atoms with E-state index in [4.69, 9.17) is 0 Å². The third-order valence-electron chi connectivity index (χ3n) is 2.22. The zero-order valence-corrected chi connectivity index (χ0v) is 9.78. The largest absolute Gasteiger partial charge is 0.370 e. The molecule has 2 aromatic heterocycles. The van der Waals surface area contributed by atoms with Gasteiger partial charge in [0.25, 0.3) is 5.69 Å². The van der Waals surface area contributed by atoms with E-state index in [0.29, 0.717) is 18.2 Å². The molecule has 0 aromatic carbocycles. The van der Waals surface area contributed by atoms with Crippen molar-refractivity contribution >= 4 is 11.5 Å². The second-order valence-electron chi connectivity index (χ2n) is 3.59. The summed E-state index contributed by atoms with van der Waals surface area (Å²) in [5.74, 6) is 0.817. The van der Waals surface area contributed by atoms with Gasteiger partial charge in [-0.15, -0.1) is 0 Å². The zero-order chi connectivity index (χ0) is 13.0. The van der Waals surface area contributed by atoms with Crippen molar-refractivity contribution < 1.29 is 4.92 Å². The van der Waals surface area contributed by atoms with Gasteiger partial charge in [0.2, 0.25) is 0 Å². The molecule has 2 aromatic rings. The number of hydrogen-bond acceptors (Lipinski definition) is 6. The van der Waals surface area contributed by atoms with Crippen molar-refractivity contribution in [3.63, 3.8) is 0 Å². The molecule has 18 heavy (non-hydrogen) atoms. The van der Waals surface area contributed by atoms with Gasteiger partial charge in [0.1, 0.15) is 18.5 Å². The van der Waals surface area contributed by atoms with E-state index >= 15 is 0 Å². The van der Waals surface area contributed by atoms with Crippen LogP contribution in [0.25, 0.3) is 5.82 Å². The highest BCUT2D eigenvalue weighted by molar-refractivity contribution is 5.50. The Labute approximate surface area is 103 Å². The second-order valence-corrected chi connectivity index (χ2v) is 3.59. The Hall–Kier alpha value is -2.51. The maximum absolute atomic E-state index is 10.9. The number of aromatic nitrogens is 4. The molecule has 0 amide bonds. The Morgan fingerprint density at radius 2 is 2.33 bits per heavy atom. The first-order chi connectivity index (χ1) is 8.70. The fourth-order valence-corrected chi connectivity index (χ4v) is 1.39. The predicted octanol–water partition coefficient (Wildman–Crippen LogP) is 1.39. The van der Waals surface area contributed by atoms with Gasteiger partial charge in [-0.1, -0.05) is 6.92 Å². The summed E-state index contributed by atoms with van der Waals surface area (Å²) in [6.45, 7) is 2.70. The topological polar surface area (TPSA) is 98.8 Å². The normalized spacial score (nSPS) is 10.3. The molecule has 0 bridgehead atoms. The number of hydrogen-bond donors (Lipinski definition) is 1. The van der Waals surface area contributed by atoms with E-state index in [0.717, 1.165) is 6.42 Å². The molecule has 0 saturated heterocycles. The molecule has 8 nitrogen and oxygen atoms in total.